The summed E-state index contributed by atoms with van der Waals surface area (Å²) in [5.74, 6) is -1.05. The van der Waals surface area contributed by atoms with Crippen LogP contribution in [0.5, 0.6) is 0 Å². The zero-order valence-corrected chi connectivity index (χ0v) is 8.76. The summed E-state index contributed by atoms with van der Waals surface area (Å²) in [6, 6.07) is 0. The van der Waals surface area contributed by atoms with Crippen LogP contribution in [0.25, 0.3) is 0 Å². The Morgan fingerprint density at radius 2 is 1.93 bits per heavy atom. The predicted octanol–water partition coefficient (Wildman–Crippen LogP) is -2.02. The van der Waals surface area contributed by atoms with Gasteiger partial charge in [-0.2, -0.15) is 0 Å². The molecule has 0 amide bonds. The Bertz CT molecular complexity index is 260. The van der Waals surface area contributed by atoms with Crippen molar-refractivity contribution in [3.05, 3.63) is 0 Å². The van der Waals surface area contributed by atoms with Crippen LogP contribution in [0.15, 0.2) is 0 Å². The quantitative estimate of drug-likeness (QED) is 0.312. The average molecular weight is 241 g/mol. The van der Waals surface area contributed by atoms with E-state index >= 15 is 0 Å². The van der Waals surface area contributed by atoms with Crippen LogP contribution in [0.3, 0.4) is 0 Å². The molecule has 4 N–H and O–H groups in total. The van der Waals surface area contributed by atoms with E-state index in [2.05, 4.69) is 4.74 Å². The number of rotatable bonds is 1. The molecule has 0 aromatic heterocycles. The van der Waals surface area contributed by atoms with Gasteiger partial charge in [-0.3, -0.25) is 0 Å². The van der Waals surface area contributed by atoms with Crippen LogP contribution >= 0.6 is 11.6 Å². The second-order valence-corrected chi connectivity index (χ2v) is 4.04. The lowest BCUT2D eigenvalue weighted by atomic mass is 9.79. The van der Waals surface area contributed by atoms with Gasteiger partial charge in [0.1, 0.15) is 17.6 Å². The molecule has 5 atom stereocenters. The zero-order chi connectivity index (χ0) is 11.8. The van der Waals surface area contributed by atoms with Crippen molar-refractivity contribution in [2.75, 3.05) is 7.11 Å². The number of halogens is 1. The van der Waals surface area contributed by atoms with Crippen LogP contribution in [0.4, 0.5) is 0 Å². The van der Waals surface area contributed by atoms with Crippen molar-refractivity contribution in [3.8, 4) is 0 Å². The lowest BCUT2D eigenvalue weighted by Gasteiger charge is -2.41. The molecule has 1 fully saturated rings. The minimum absolute atomic E-state index is 0.480. The third-order valence-electron chi connectivity index (χ3n) is 2.56. The molecule has 0 aromatic rings. The fourth-order valence-electron chi connectivity index (χ4n) is 1.61. The molecule has 6 nitrogen and oxygen atoms in total. The summed E-state index contributed by atoms with van der Waals surface area (Å²) >= 11 is 5.64. The first-order valence-corrected chi connectivity index (χ1v) is 4.77. The number of aliphatic hydroxyl groups is 4. The second-order valence-electron chi connectivity index (χ2n) is 3.57. The molecule has 1 aliphatic rings. The molecule has 15 heavy (non-hydrogen) atoms. The molecule has 7 heteroatoms. The number of hydrogen-bond acceptors (Lipinski definition) is 6. The number of methoxy groups -OCH3 is 1. The molecule has 1 aliphatic carbocycles. The van der Waals surface area contributed by atoms with Gasteiger partial charge in [-0.15, -0.1) is 11.6 Å². The Morgan fingerprint density at radius 1 is 1.40 bits per heavy atom. The van der Waals surface area contributed by atoms with E-state index in [0.717, 1.165) is 7.11 Å². The lowest BCUT2D eigenvalue weighted by molar-refractivity contribution is -0.188. The van der Waals surface area contributed by atoms with Crippen LogP contribution < -0.4 is 0 Å². The van der Waals surface area contributed by atoms with Crippen molar-refractivity contribution in [1.29, 1.82) is 0 Å². The highest BCUT2D eigenvalue weighted by Crippen LogP contribution is 2.34. The number of aliphatic hydroxyl groups excluding tert-OH is 3. The predicted molar refractivity (Wildman–Crippen MR) is 49.2 cm³/mol. The maximum atomic E-state index is 11.2. The minimum Gasteiger partial charge on any atom is -0.467 e. The van der Waals surface area contributed by atoms with Gasteiger partial charge in [-0.25, -0.2) is 4.79 Å². The summed E-state index contributed by atoms with van der Waals surface area (Å²) in [6.07, 6.45) is -5.00. The molecule has 88 valence electrons. The normalized spacial score (nSPS) is 46.3. The van der Waals surface area contributed by atoms with Gasteiger partial charge in [0.25, 0.3) is 0 Å². The van der Waals surface area contributed by atoms with Gasteiger partial charge >= 0.3 is 5.97 Å². The van der Waals surface area contributed by atoms with E-state index < -0.39 is 41.7 Å². The van der Waals surface area contributed by atoms with Crippen LogP contribution in [0.2, 0.25) is 0 Å². The smallest absolute Gasteiger partial charge is 0.339 e. The van der Waals surface area contributed by atoms with Gasteiger partial charge in [0.15, 0.2) is 5.60 Å². The standard InChI is InChI=1S/C8H13ClO6/c1-15-7(13)8(14)2-3(10)4(11)5(12)6(8)9/h3-6,10-12,14H,2H2,1H3/t3-,4+,5+,6+,8-/m1/s1. The molecule has 0 saturated heterocycles. The maximum Gasteiger partial charge on any atom is 0.339 e. The van der Waals surface area contributed by atoms with Gasteiger partial charge in [-0.1, -0.05) is 0 Å². The molecule has 0 bridgehead atoms. The Labute approximate surface area is 91.0 Å². The summed E-state index contributed by atoms with van der Waals surface area (Å²) in [5, 5.41) is 36.4. The first-order valence-electron chi connectivity index (χ1n) is 4.33. The van der Waals surface area contributed by atoms with Crippen molar-refractivity contribution in [1.82, 2.24) is 0 Å². The fourth-order valence-corrected chi connectivity index (χ4v) is 1.94. The van der Waals surface area contributed by atoms with Crippen molar-refractivity contribution in [2.45, 2.75) is 35.7 Å². The number of hydrogen-bond donors (Lipinski definition) is 4. The first-order chi connectivity index (χ1) is 6.84. The van der Waals surface area contributed by atoms with Crippen molar-refractivity contribution in [3.63, 3.8) is 0 Å². The number of esters is 1. The van der Waals surface area contributed by atoms with E-state index in [1.807, 2.05) is 0 Å². The Morgan fingerprint density at radius 3 is 2.40 bits per heavy atom. The van der Waals surface area contributed by atoms with Gasteiger partial charge in [-0.05, 0) is 0 Å². The van der Waals surface area contributed by atoms with E-state index in [1.54, 1.807) is 0 Å². The SMILES string of the molecule is COC(=O)[C@@]1(O)C[C@@H](O)[C@H](O)[C@H](O)[C@@H]1Cl. The largest absolute Gasteiger partial charge is 0.467 e. The van der Waals surface area contributed by atoms with Crippen molar-refractivity contribution >= 4 is 17.6 Å². The Hall–Kier alpha value is -0.400. The van der Waals surface area contributed by atoms with Crippen LogP contribution in [0, 0.1) is 0 Å². The lowest BCUT2D eigenvalue weighted by Crippen LogP contribution is -2.64. The average Bonchev–Trinajstić information content (AvgIpc) is 2.22. The summed E-state index contributed by atoms with van der Waals surface area (Å²) in [5.41, 5.74) is -2.19. The van der Waals surface area contributed by atoms with Gasteiger partial charge in [0.2, 0.25) is 0 Å². The molecule has 0 radical (unpaired) electrons. The molecule has 0 aliphatic heterocycles. The molecular weight excluding hydrogens is 228 g/mol. The summed E-state index contributed by atoms with van der Waals surface area (Å²) in [7, 11) is 1.05. The van der Waals surface area contributed by atoms with E-state index in [9.17, 15) is 25.2 Å². The molecule has 1 rings (SSSR count). The third kappa shape index (κ3) is 1.95. The Balaban J connectivity index is 2.96. The fraction of sp³-hybridized carbons (Fsp3) is 0.875. The highest BCUT2D eigenvalue weighted by molar-refractivity contribution is 6.23. The van der Waals surface area contributed by atoms with E-state index in [4.69, 9.17) is 11.6 Å². The van der Waals surface area contributed by atoms with Gasteiger partial charge < -0.3 is 25.2 Å². The van der Waals surface area contributed by atoms with Gasteiger partial charge in [0, 0.05) is 6.42 Å². The molecule has 0 heterocycles. The molecule has 0 spiro atoms. The number of ether oxygens (including phenoxy) is 1. The topological polar surface area (TPSA) is 107 Å². The van der Waals surface area contributed by atoms with E-state index in [-0.39, 0.29) is 0 Å². The van der Waals surface area contributed by atoms with Gasteiger partial charge in [0.05, 0.1) is 13.2 Å². The summed E-state index contributed by atoms with van der Waals surface area (Å²) in [4.78, 5) is 11.2. The van der Waals surface area contributed by atoms with E-state index in [0.29, 0.717) is 0 Å². The van der Waals surface area contributed by atoms with Crippen LogP contribution in [0.1, 0.15) is 6.42 Å². The molecule has 1 saturated carbocycles. The number of carbonyl (C=O) groups is 1. The summed E-state index contributed by atoms with van der Waals surface area (Å²) in [6.45, 7) is 0. The van der Waals surface area contributed by atoms with Crippen molar-refractivity contribution in [2.24, 2.45) is 0 Å². The number of alkyl halides is 1. The monoisotopic (exact) mass is 240 g/mol. The first kappa shape index (κ1) is 12.7. The zero-order valence-electron chi connectivity index (χ0n) is 8.00. The molecule has 0 aromatic carbocycles. The molecule has 0 unspecified atom stereocenters. The Kier molecular flexibility index (Phi) is 3.57. The third-order valence-corrected chi connectivity index (χ3v) is 3.18. The maximum absolute atomic E-state index is 11.2. The summed E-state index contributed by atoms with van der Waals surface area (Å²) < 4.78 is 4.32. The minimum atomic E-state index is -2.19. The van der Waals surface area contributed by atoms with E-state index in [1.165, 1.54) is 0 Å². The second kappa shape index (κ2) is 4.23. The van der Waals surface area contributed by atoms with Crippen LogP contribution in [-0.4, -0.2) is 62.8 Å². The van der Waals surface area contributed by atoms with Crippen LogP contribution in [-0.2, 0) is 9.53 Å². The molecular formula is C8H13ClO6. The van der Waals surface area contributed by atoms with Crippen molar-refractivity contribution < 1.29 is 30.0 Å². The highest BCUT2D eigenvalue weighted by atomic mass is 35.5. The number of carbonyl (C=O) groups excluding carboxylic acids is 1. The highest BCUT2D eigenvalue weighted by Gasteiger charge is 2.56.